The molecule has 2 aromatic rings. The van der Waals surface area contributed by atoms with E-state index in [2.05, 4.69) is 17.0 Å². The second-order valence-electron chi connectivity index (χ2n) is 7.14. The quantitative estimate of drug-likeness (QED) is 0.554. The molecule has 1 fully saturated rings. The topological polar surface area (TPSA) is 99.2 Å². The Labute approximate surface area is 175 Å². The molecule has 2 aromatic carbocycles. The third-order valence-corrected chi connectivity index (χ3v) is 7.18. The first kappa shape index (κ1) is 20.5. The number of carbonyl (C=O) groups is 1. The molecule has 2 aliphatic heterocycles. The van der Waals surface area contributed by atoms with Gasteiger partial charge in [-0.2, -0.15) is 4.31 Å². The predicted octanol–water partition coefficient (Wildman–Crippen LogP) is 1.63. The summed E-state index contributed by atoms with van der Waals surface area (Å²) >= 11 is 0. The minimum absolute atomic E-state index is 0.0700. The highest BCUT2D eigenvalue weighted by Crippen LogP contribution is 2.27. The number of carbonyl (C=O) groups excluding carboxylic acids is 1. The minimum Gasteiger partial charge on any atom is -0.378 e. The van der Waals surface area contributed by atoms with Crippen LogP contribution in [0.4, 0.5) is 5.69 Å². The minimum atomic E-state index is -3.73. The number of amides is 1. The van der Waals surface area contributed by atoms with Gasteiger partial charge in [0.05, 0.1) is 18.1 Å². The van der Waals surface area contributed by atoms with Gasteiger partial charge in [-0.3, -0.25) is 10.0 Å². The Morgan fingerprint density at radius 1 is 0.967 bits per heavy atom. The van der Waals surface area contributed by atoms with Crippen molar-refractivity contribution >= 4 is 21.6 Å². The molecule has 0 spiro atoms. The highest BCUT2D eigenvalue weighted by Gasteiger charge is 2.30. The van der Waals surface area contributed by atoms with Crippen LogP contribution < -0.4 is 10.4 Å². The molecule has 158 valence electrons. The summed E-state index contributed by atoms with van der Waals surface area (Å²) in [5, 5.41) is 8.71. The van der Waals surface area contributed by atoms with Crippen LogP contribution in [0.25, 0.3) is 11.1 Å². The van der Waals surface area contributed by atoms with Crippen molar-refractivity contribution in [1.82, 2.24) is 9.79 Å². The fourth-order valence-corrected chi connectivity index (χ4v) is 4.96. The molecule has 8 nitrogen and oxygen atoms in total. The van der Waals surface area contributed by atoms with Gasteiger partial charge in [-0.25, -0.2) is 13.9 Å². The largest absolute Gasteiger partial charge is 0.378 e. The second-order valence-corrected chi connectivity index (χ2v) is 9.08. The zero-order valence-corrected chi connectivity index (χ0v) is 17.1. The van der Waals surface area contributed by atoms with E-state index in [0.29, 0.717) is 0 Å². The van der Waals surface area contributed by atoms with Gasteiger partial charge in [0.25, 0.3) is 5.91 Å². The Hall–Kier alpha value is -2.72. The van der Waals surface area contributed by atoms with E-state index in [4.69, 9.17) is 9.94 Å². The van der Waals surface area contributed by atoms with Gasteiger partial charge in [0, 0.05) is 37.4 Å². The summed E-state index contributed by atoms with van der Waals surface area (Å²) < 4.78 is 32.3. The Balaban J connectivity index is 1.47. The van der Waals surface area contributed by atoms with Crippen LogP contribution in [-0.4, -0.2) is 63.2 Å². The average Bonchev–Trinajstić information content (AvgIpc) is 3.31. The molecule has 1 saturated heterocycles. The number of hydrogen-bond acceptors (Lipinski definition) is 6. The van der Waals surface area contributed by atoms with Crippen LogP contribution in [0.2, 0.25) is 0 Å². The van der Waals surface area contributed by atoms with Crippen molar-refractivity contribution in [2.75, 3.05) is 44.3 Å². The van der Waals surface area contributed by atoms with Gasteiger partial charge in [-0.1, -0.05) is 30.3 Å². The van der Waals surface area contributed by atoms with Gasteiger partial charge in [-0.15, -0.1) is 0 Å². The number of nitrogens with zero attached hydrogens (tertiary/aromatic N) is 2. The molecule has 0 aromatic heterocycles. The Morgan fingerprint density at radius 3 is 2.17 bits per heavy atom. The van der Waals surface area contributed by atoms with Gasteiger partial charge in [-0.05, 0) is 35.4 Å². The van der Waals surface area contributed by atoms with Crippen LogP contribution in [0.3, 0.4) is 0 Å². The first-order chi connectivity index (χ1) is 14.5. The molecule has 0 unspecified atom stereocenters. The first-order valence-electron chi connectivity index (χ1n) is 9.66. The molecule has 0 radical (unpaired) electrons. The summed E-state index contributed by atoms with van der Waals surface area (Å²) in [5.74, 6) is -0.691. The van der Waals surface area contributed by atoms with E-state index in [9.17, 15) is 13.2 Å². The number of benzene rings is 2. The zero-order valence-electron chi connectivity index (χ0n) is 16.3. The number of rotatable bonds is 5. The molecular weight excluding hydrogens is 406 g/mol. The third-order valence-electron chi connectivity index (χ3n) is 5.35. The Bertz CT molecular complexity index is 1040. The summed E-state index contributed by atoms with van der Waals surface area (Å²) in [6, 6.07) is 14.9. The standard InChI is InChI=1S/C21H23N3O5S/c25-21(22-26)18-9-10-24(15-18)30(27,28)20-7-3-17(4-8-20)16-1-5-19(6-2-16)23-11-13-29-14-12-23/h1-9,26H,10-15H2,(H,22,25). The molecule has 2 N–H and O–H groups in total. The lowest BCUT2D eigenvalue weighted by Crippen LogP contribution is -2.36. The molecule has 0 atom stereocenters. The molecule has 2 heterocycles. The van der Waals surface area contributed by atoms with E-state index in [0.717, 1.165) is 43.1 Å². The number of morpholine rings is 1. The number of nitrogens with one attached hydrogen (secondary N) is 1. The van der Waals surface area contributed by atoms with Crippen LogP contribution in [0.1, 0.15) is 0 Å². The summed E-state index contributed by atoms with van der Waals surface area (Å²) in [6.45, 7) is 3.24. The molecule has 30 heavy (non-hydrogen) atoms. The van der Waals surface area contributed by atoms with E-state index >= 15 is 0 Å². The maximum Gasteiger partial charge on any atom is 0.271 e. The van der Waals surface area contributed by atoms with E-state index < -0.39 is 15.9 Å². The summed E-state index contributed by atoms with van der Waals surface area (Å²) in [6.07, 6.45) is 1.49. The van der Waals surface area contributed by atoms with Crippen molar-refractivity contribution in [1.29, 1.82) is 0 Å². The third kappa shape index (κ3) is 4.10. The summed E-state index contributed by atoms with van der Waals surface area (Å²) in [7, 11) is -3.73. The summed E-state index contributed by atoms with van der Waals surface area (Å²) in [5.41, 5.74) is 4.82. The van der Waals surface area contributed by atoms with Gasteiger partial charge in [0.2, 0.25) is 10.0 Å². The van der Waals surface area contributed by atoms with Gasteiger partial charge in [0.15, 0.2) is 0 Å². The van der Waals surface area contributed by atoms with E-state index in [1.807, 2.05) is 12.1 Å². The number of anilines is 1. The molecule has 9 heteroatoms. The highest BCUT2D eigenvalue weighted by atomic mass is 32.2. The number of hydrogen-bond donors (Lipinski definition) is 2. The van der Waals surface area contributed by atoms with E-state index in [1.165, 1.54) is 15.9 Å². The van der Waals surface area contributed by atoms with Gasteiger partial charge < -0.3 is 9.64 Å². The summed E-state index contributed by atoms with van der Waals surface area (Å²) in [4.78, 5) is 13.9. The maximum absolute atomic E-state index is 12.8. The maximum atomic E-state index is 12.8. The molecule has 1 amide bonds. The van der Waals surface area contributed by atoms with E-state index in [-0.39, 0.29) is 23.6 Å². The number of ether oxygens (including phenoxy) is 1. The predicted molar refractivity (Wildman–Crippen MR) is 112 cm³/mol. The lowest BCUT2D eigenvalue weighted by atomic mass is 10.1. The lowest BCUT2D eigenvalue weighted by Gasteiger charge is -2.28. The van der Waals surface area contributed by atoms with Crippen LogP contribution in [0.15, 0.2) is 65.1 Å². The van der Waals surface area contributed by atoms with Gasteiger partial charge in [0.1, 0.15) is 0 Å². The van der Waals surface area contributed by atoms with Crippen molar-refractivity contribution in [2.45, 2.75) is 4.90 Å². The fraction of sp³-hybridized carbons (Fsp3) is 0.286. The van der Waals surface area contributed by atoms with Crippen molar-refractivity contribution in [3.63, 3.8) is 0 Å². The van der Waals surface area contributed by atoms with Crippen molar-refractivity contribution in [3.8, 4) is 11.1 Å². The molecule has 4 rings (SSSR count). The fourth-order valence-electron chi connectivity index (χ4n) is 3.61. The van der Waals surface area contributed by atoms with Crippen LogP contribution >= 0.6 is 0 Å². The molecule has 0 aliphatic carbocycles. The van der Waals surface area contributed by atoms with Crippen molar-refractivity contribution in [3.05, 3.63) is 60.2 Å². The first-order valence-corrected chi connectivity index (χ1v) is 11.1. The molecule has 2 aliphatic rings. The average molecular weight is 429 g/mol. The highest BCUT2D eigenvalue weighted by molar-refractivity contribution is 7.89. The number of sulfonamides is 1. The van der Waals surface area contributed by atoms with E-state index in [1.54, 1.807) is 24.3 Å². The van der Waals surface area contributed by atoms with Crippen molar-refractivity contribution < 1.29 is 23.2 Å². The smallest absolute Gasteiger partial charge is 0.271 e. The van der Waals surface area contributed by atoms with Crippen LogP contribution in [0, 0.1) is 0 Å². The lowest BCUT2D eigenvalue weighted by molar-refractivity contribution is -0.125. The Kier molecular flexibility index (Phi) is 5.87. The van der Waals surface area contributed by atoms with Crippen LogP contribution in [-0.2, 0) is 19.6 Å². The molecular formula is C21H23N3O5S. The molecule has 0 bridgehead atoms. The second kappa shape index (κ2) is 8.57. The van der Waals surface area contributed by atoms with Gasteiger partial charge >= 0.3 is 0 Å². The monoisotopic (exact) mass is 429 g/mol. The van der Waals surface area contributed by atoms with Crippen LogP contribution in [0.5, 0.6) is 0 Å². The van der Waals surface area contributed by atoms with Crippen molar-refractivity contribution in [2.24, 2.45) is 0 Å². The number of hydroxylamine groups is 1. The Morgan fingerprint density at radius 2 is 1.57 bits per heavy atom. The normalized spacial score (nSPS) is 17.6. The zero-order chi connectivity index (χ0) is 21.1. The SMILES string of the molecule is O=C(NO)C1=CCN(S(=O)(=O)c2ccc(-c3ccc(N4CCOCC4)cc3)cc2)C1. The molecule has 0 saturated carbocycles.